The fraction of sp³-hybridized carbons (Fsp3) is 0.333. The van der Waals surface area contributed by atoms with Crippen LogP contribution in [0.5, 0.6) is 0 Å². The van der Waals surface area contributed by atoms with Crippen molar-refractivity contribution in [1.82, 2.24) is 4.90 Å². The number of rotatable bonds is 8. The van der Waals surface area contributed by atoms with E-state index in [1.165, 1.54) is 6.07 Å². The monoisotopic (exact) mass is 253 g/mol. The molecule has 0 saturated heterocycles. The van der Waals surface area contributed by atoms with E-state index >= 15 is 0 Å². The zero-order valence-electron chi connectivity index (χ0n) is 9.83. The van der Waals surface area contributed by atoms with Crippen molar-refractivity contribution in [2.75, 3.05) is 13.1 Å². The lowest BCUT2D eigenvalue weighted by molar-refractivity contribution is -0.137. The third-order valence-electron chi connectivity index (χ3n) is 2.28. The van der Waals surface area contributed by atoms with Crippen LogP contribution in [0.3, 0.4) is 0 Å². The number of nitrogens with zero attached hydrogens (tertiary/aromatic N) is 1. The summed E-state index contributed by atoms with van der Waals surface area (Å²) in [4.78, 5) is 23.0. The Balaban J connectivity index is 2.60. The topological polar surface area (TPSA) is 91.0 Å². The SMILES string of the molecule is C=CCN(CCC(=O)O)Cc1ccc(C(=O)O)o1. The van der Waals surface area contributed by atoms with Gasteiger partial charge in [-0.3, -0.25) is 9.69 Å². The molecule has 0 aliphatic carbocycles. The fourth-order valence-electron chi connectivity index (χ4n) is 1.47. The van der Waals surface area contributed by atoms with Gasteiger partial charge >= 0.3 is 11.9 Å². The highest BCUT2D eigenvalue weighted by Crippen LogP contribution is 2.11. The van der Waals surface area contributed by atoms with E-state index < -0.39 is 11.9 Å². The lowest BCUT2D eigenvalue weighted by Crippen LogP contribution is -2.26. The molecular formula is C12H15NO5. The summed E-state index contributed by atoms with van der Waals surface area (Å²) in [5.74, 6) is -1.64. The van der Waals surface area contributed by atoms with Crippen molar-refractivity contribution in [1.29, 1.82) is 0 Å². The molecule has 98 valence electrons. The second-order valence-corrected chi connectivity index (χ2v) is 3.74. The summed E-state index contributed by atoms with van der Waals surface area (Å²) in [6.45, 7) is 4.80. The predicted octanol–water partition coefficient (Wildman–Crippen LogP) is 1.44. The van der Waals surface area contributed by atoms with Gasteiger partial charge in [-0.15, -0.1) is 6.58 Å². The molecule has 0 atom stereocenters. The molecular weight excluding hydrogens is 238 g/mol. The standard InChI is InChI=1S/C12H15NO5/c1-2-6-13(7-5-11(14)15)8-9-3-4-10(18-9)12(16)17/h2-4H,1,5-8H2,(H,14,15)(H,16,17). The second-order valence-electron chi connectivity index (χ2n) is 3.74. The summed E-state index contributed by atoms with van der Waals surface area (Å²) < 4.78 is 5.11. The summed E-state index contributed by atoms with van der Waals surface area (Å²) in [5.41, 5.74) is 0. The highest BCUT2D eigenvalue weighted by molar-refractivity contribution is 5.84. The minimum atomic E-state index is -1.12. The molecule has 0 unspecified atom stereocenters. The molecule has 0 aliphatic rings. The van der Waals surface area contributed by atoms with Crippen LogP contribution < -0.4 is 0 Å². The Bertz CT molecular complexity index is 437. The Hall–Kier alpha value is -2.08. The normalized spacial score (nSPS) is 10.5. The number of hydrogen-bond acceptors (Lipinski definition) is 4. The van der Waals surface area contributed by atoms with E-state index in [-0.39, 0.29) is 12.2 Å². The van der Waals surface area contributed by atoms with Crippen LogP contribution in [0.2, 0.25) is 0 Å². The van der Waals surface area contributed by atoms with Crippen LogP contribution >= 0.6 is 0 Å². The molecule has 1 rings (SSSR count). The first-order chi connectivity index (χ1) is 8.52. The molecule has 18 heavy (non-hydrogen) atoms. The van der Waals surface area contributed by atoms with Crippen LogP contribution in [0, 0.1) is 0 Å². The lowest BCUT2D eigenvalue weighted by atomic mass is 10.3. The van der Waals surface area contributed by atoms with Crippen molar-refractivity contribution in [3.8, 4) is 0 Å². The van der Waals surface area contributed by atoms with Crippen molar-refractivity contribution in [2.45, 2.75) is 13.0 Å². The fourth-order valence-corrected chi connectivity index (χ4v) is 1.47. The number of carboxylic acid groups (broad SMARTS) is 2. The average molecular weight is 253 g/mol. The van der Waals surface area contributed by atoms with Gasteiger partial charge in [0.15, 0.2) is 0 Å². The molecule has 1 aromatic heterocycles. The van der Waals surface area contributed by atoms with Gasteiger partial charge in [0.2, 0.25) is 5.76 Å². The van der Waals surface area contributed by atoms with E-state index in [0.717, 1.165) is 0 Å². The average Bonchev–Trinajstić information content (AvgIpc) is 2.75. The first-order valence-electron chi connectivity index (χ1n) is 5.40. The quantitative estimate of drug-likeness (QED) is 0.681. The number of aliphatic carboxylic acids is 1. The summed E-state index contributed by atoms with van der Waals surface area (Å²) in [7, 11) is 0. The van der Waals surface area contributed by atoms with E-state index in [1.807, 2.05) is 4.90 Å². The zero-order chi connectivity index (χ0) is 13.5. The first-order valence-corrected chi connectivity index (χ1v) is 5.40. The molecule has 0 aliphatic heterocycles. The maximum Gasteiger partial charge on any atom is 0.371 e. The Labute approximate surface area is 104 Å². The summed E-state index contributed by atoms with van der Waals surface area (Å²) in [6.07, 6.45) is 1.67. The van der Waals surface area contributed by atoms with Crippen molar-refractivity contribution in [2.24, 2.45) is 0 Å². The molecule has 1 heterocycles. The maximum atomic E-state index is 10.6. The number of hydrogen-bond donors (Lipinski definition) is 2. The number of carbonyl (C=O) groups is 2. The Morgan fingerprint density at radius 3 is 2.61 bits per heavy atom. The van der Waals surface area contributed by atoms with E-state index in [9.17, 15) is 9.59 Å². The van der Waals surface area contributed by atoms with Gasteiger partial charge < -0.3 is 14.6 Å². The maximum absolute atomic E-state index is 10.6. The molecule has 0 spiro atoms. The van der Waals surface area contributed by atoms with E-state index in [1.54, 1.807) is 12.1 Å². The van der Waals surface area contributed by atoms with Crippen LogP contribution in [-0.4, -0.2) is 40.1 Å². The third-order valence-corrected chi connectivity index (χ3v) is 2.28. The van der Waals surface area contributed by atoms with Crippen molar-refractivity contribution < 1.29 is 24.2 Å². The molecule has 6 nitrogen and oxygen atoms in total. The zero-order valence-corrected chi connectivity index (χ0v) is 9.83. The van der Waals surface area contributed by atoms with Gasteiger partial charge in [-0.1, -0.05) is 6.08 Å². The van der Waals surface area contributed by atoms with Gasteiger partial charge in [0, 0.05) is 13.1 Å². The molecule has 0 amide bonds. The predicted molar refractivity (Wildman–Crippen MR) is 63.4 cm³/mol. The molecule has 1 aromatic rings. The van der Waals surface area contributed by atoms with Crippen LogP contribution in [0.4, 0.5) is 0 Å². The molecule has 0 bridgehead atoms. The number of aromatic carboxylic acids is 1. The van der Waals surface area contributed by atoms with Crippen LogP contribution in [0.15, 0.2) is 29.2 Å². The van der Waals surface area contributed by atoms with Crippen LogP contribution in [0.1, 0.15) is 22.7 Å². The summed E-state index contributed by atoms with van der Waals surface area (Å²) in [5, 5.41) is 17.3. The minimum absolute atomic E-state index is 0.0142. The number of carboxylic acids is 2. The van der Waals surface area contributed by atoms with Gasteiger partial charge in [0.1, 0.15) is 5.76 Å². The van der Waals surface area contributed by atoms with Crippen LogP contribution in [0.25, 0.3) is 0 Å². The van der Waals surface area contributed by atoms with Gasteiger partial charge in [-0.25, -0.2) is 4.79 Å². The molecule has 2 N–H and O–H groups in total. The first kappa shape index (κ1) is 14.0. The van der Waals surface area contributed by atoms with Gasteiger partial charge in [-0.2, -0.15) is 0 Å². The van der Waals surface area contributed by atoms with Gasteiger partial charge in [-0.05, 0) is 12.1 Å². The molecule has 6 heteroatoms. The third kappa shape index (κ3) is 4.42. The lowest BCUT2D eigenvalue weighted by Gasteiger charge is -2.17. The second kappa shape index (κ2) is 6.61. The molecule has 0 radical (unpaired) electrons. The van der Waals surface area contributed by atoms with Gasteiger partial charge in [0.25, 0.3) is 0 Å². The van der Waals surface area contributed by atoms with Gasteiger partial charge in [0.05, 0.1) is 13.0 Å². The molecule has 0 aromatic carbocycles. The highest BCUT2D eigenvalue weighted by Gasteiger charge is 2.12. The van der Waals surface area contributed by atoms with E-state index in [0.29, 0.717) is 25.4 Å². The van der Waals surface area contributed by atoms with E-state index in [2.05, 4.69) is 6.58 Å². The van der Waals surface area contributed by atoms with E-state index in [4.69, 9.17) is 14.6 Å². The summed E-state index contributed by atoms with van der Waals surface area (Å²) in [6, 6.07) is 2.95. The Kier molecular flexibility index (Phi) is 5.13. The van der Waals surface area contributed by atoms with Crippen LogP contribution in [-0.2, 0) is 11.3 Å². The molecule has 0 saturated carbocycles. The van der Waals surface area contributed by atoms with Crippen molar-refractivity contribution >= 4 is 11.9 Å². The largest absolute Gasteiger partial charge is 0.481 e. The number of furan rings is 1. The smallest absolute Gasteiger partial charge is 0.371 e. The van der Waals surface area contributed by atoms with Crippen molar-refractivity contribution in [3.63, 3.8) is 0 Å². The highest BCUT2D eigenvalue weighted by atomic mass is 16.4. The minimum Gasteiger partial charge on any atom is -0.481 e. The summed E-state index contributed by atoms with van der Waals surface area (Å²) >= 11 is 0. The Morgan fingerprint density at radius 1 is 1.39 bits per heavy atom. The Morgan fingerprint density at radius 2 is 2.11 bits per heavy atom. The van der Waals surface area contributed by atoms with Crippen molar-refractivity contribution in [3.05, 3.63) is 36.3 Å². The molecule has 0 fully saturated rings.